The zero-order valence-electron chi connectivity index (χ0n) is 13.3. The van der Waals surface area contributed by atoms with Crippen LogP contribution in [0.3, 0.4) is 0 Å². The molecule has 3 saturated carbocycles. The summed E-state index contributed by atoms with van der Waals surface area (Å²) in [6, 6.07) is 0. The lowest BCUT2D eigenvalue weighted by Gasteiger charge is -2.42. The molecule has 3 aliphatic rings. The molecule has 0 radical (unpaired) electrons. The second-order valence-corrected chi connectivity index (χ2v) is 8.66. The first-order valence-electron chi connectivity index (χ1n) is 8.72. The summed E-state index contributed by atoms with van der Waals surface area (Å²) in [4.78, 5) is 0. The average molecular weight is 263 g/mol. The van der Waals surface area contributed by atoms with Crippen molar-refractivity contribution in [3.8, 4) is 0 Å². The number of hydrogen-bond acceptors (Lipinski definition) is 1. The van der Waals surface area contributed by atoms with Gasteiger partial charge >= 0.3 is 0 Å². The summed E-state index contributed by atoms with van der Waals surface area (Å²) in [5.74, 6) is 5.29. The Kier molecular flexibility index (Phi) is 3.95. The average Bonchev–Trinajstić information content (AvgIpc) is 2.94. The van der Waals surface area contributed by atoms with Gasteiger partial charge in [0, 0.05) is 0 Å². The number of fused-ring (bicyclic) bond motifs is 2. The number of rotatable bonds is 4. The van der Waals surface area contributed by atoms with Crippen LogP contribution >= 0.6 is 0 Å². The Labute approximate surface area is 119 Å². The minimum Gasteiger partial charge on any atom is -0.319 e. The summed E-state index contributed by atoms with van der Waals surface area (Å²) >= 11 is 0. The van der Waals surface area contributed by atoms with E-state index in [9.17, 15) is 0 Å². The van der Waals surface area contributed by atoms with E-state index in [1.165, 1.54) is 25.8 Å². The zero-order chi connectivity index (χ0) is 13.5. The fourth-order valence-corrected chi connectivity index (χ4v) is 5.65. The lowest BCUT2D eigenvalue weighted by molar-refractivity contribution is 0.0884. The lowest BCUT2D eigenvalue weighted by atomic mass is 9.64. The van der Waals surface area contributed by atoms with Gasteiger partial charge < -0.3 is 5.32 Å². The van der Waals surface area contributed by atoms with Crippen LogP contribution in [0.25, 0.3) is 0 Å². The molecule has 1 N–H and O–H groups in total. The highest BCUT2D eigenvalue weighted by Crippen LogP contribution is 2.53. The lowest BCUT2D eigenvalue weighted by Crippen LogP contribution is -2.36. The summed E-state index contributed by atoms with van der Waals surface area (Å²) in [7, 11) is 2.13. The van der Waals surface area contributed by atoms with E-state index in [0.717, 1.165) is 29.6 Å². The maximum atomic E-state index is 3.45. The molecule has 0 spiro atoms. The standard InChI is InChI=1S/C18H33N/c1-18(2)7-6-15(12-19-3)17(11-18)10-16-9-13-4-5-14(16)8-13/h13-17,19H,4-12H2,1-3H3. The Morgan fingerprint density at radius 1 is 1.00 bits per heavy atom. The predicted octanol–water partition coefficient (Wildman–Crippen LogP) is 4.47. The van der Waals surface area contributed by atoms with Gasteiger partial charge in [-0.1, -0.05) is 20.3 Å². The molecule has 0 aromatic carbocycles. The van der Waals surface area contributed by atoms with Crippen LogP contribution in [0.1, 0.15) is 65.2 Å². The van der Waals surface area contributed by atoms with Crippen LogP contribution in [0, 0.1) is 35.0 Å². The smallest absolute Gasteiger partial charge is 0.00209 e. The van der Waals surface area contributed by atoms with Gasteiger partial charge in [0.25, 0.3) is 0 Å². The molecule has 110 valence electrons. The second kappa shape index (κ2) is 5.39. The predicted molar refractivity (Wildman–Crippen MR) is 82.1 cm³/mol. The van der Waals surface area contributed by atoms with E-state index in [0.29, 0.717) is 5.41 Å². The van der Waals surface area contributed by atoms with E-state index in [1.807, 2.05) is 0 Å². The molecule has 1 heteroatoms. The maximum Gasteiger partial charge on any atom is -0.00209 e. The van der Waals surface area contributed by atoms with Crippen molar-refractivity contribution < 1.29 is 0 Å². The van der Waals surface area contributed by atoms with E-state index < -0.39 is 0 Å². The largest absolute Gasteiger partial charge is 0.319 e. The molecule has 0 amide bonds. The summed E-state index contributed by atoms with van der Waals surface area (Å²) in [5, 5.41) is 3.45. The molecule has 3 aliphatic carbocycles. The highest BCUT2D eigenvalue weighted by atomic mass is 14.8. The van der Waals surface area contributed by atoms with E-state index in [-0.39, 0.29) is 0 Å². The monoisotopic (exact) mass is 263 g/mol. The molecule has 0 aliphatic heterocycles. The van der Waals surface area contributed by atoms with Crippen molar-refractivity contribution in [2.24, 2.45) is 35.0 Å². The molecule has 1 nitrogen and oxygen atoms in total. The highest BCUT2D eigenvalue weighted by Gasteiger charge is 2.42. The van der Waals surface area contributed by atoms with Crippen molar-refractivity contribution in [3.05, 3.63) is 0 Å². The fraction of sp³-hybridized carbons (Fsp3) is 1.00. The quantitative estimate of drug-likeness (QED) is 0.789. The topological polar surface area (TPSA) is 12.0 Å². The van der Waals surface area contributed by atoms with Crippen molar-refractivity contribution >= 4 is 0 Å². The van der Waals surface area contributed by atoms with Gasteiger partial charge in [0.2, 0.25) is 0 Å². The zero-order valence-corrected chi connectivity index (χ0v) is 13.3. The Bertz CT molecular complexity index is 309. The van der Waals surface area contributed by atoms with Crippen LogP contribution < -0.4 is 5.32 Å². The number of nitrogens with one attached hydrogen (secondary N) is 1. The van der Waals surface area contributed by atoms with Crippen molar-refractivity contribution in [2.75, 3.05) is 13.6 Å². The van der Waals surface area contributed by atoms with Crippen molar-refractivity contribution in [2.45, 2.75) is 65.2 Å². The summed E-state index contributed by atoms with van der Waals surface area (Å²) in [5.41, 5.74) is 0.604. The molecule has 2 bridgehead atoms. The van der Waals surface area contributed by atoms with Crippen molar-refractivity contribution in [1.82, 2.24) is 5.32 Å². The van der Waals surface area contributed by atoms with Gasteiger partial charge in [-0.2, -0.15) is 0 Å². The third-order valence-corrected chi connectivity index (χ3v) is 6.63. The van der Waals surface area contributed by atoms with Gasteiger partial charge in [0.05, 0.1) is 0 Å². The highest BCUT2D eigenvalue weighted by molar-refractivity contribution is 4.94. The van der Waals surface area contributed by atoms with Crippen LogP contribution in [0.5, 0.6) is 0 Å². The molecule has 5 unspecified atom stereocenters. The number of hydrogen-bond donors (Lipinski definition) is 1. The van der Waals surface area contributed by atoms with Gasteiger partial charge in [-0.3, -0.25) is 0 Å². The molecular formula is C18H33N. The normalized spacial score (nSPS) is 44.7. The van der Waals surface area contributed by atoms with E-state index >= 15 is 0 Å². The molecule has 3 fully saturated rings. The van der Waals surface area contributed by atoms with Crippen LogP contribution in [0.15, 0.2) is 0 Å². The van der Waals surface area contributed by atoms with Gasteiger partial charge in [-0.15, -0.1) is 0 Å². The van der Waals surface area contributed by atoms with E-state index in [1.54, 1.807) is 32.1 Å². The third-order valence-electron chi connectivity index (χ3n) is 6.63. The van der Waals surface area contributed by atoms with E-state index in [2.05, 4.69) is 26.2 Å². The van der Waals surface area contributed by atoms with Crippen LogP contribution in [-0.2, 0) is 0 Å². The van der Waals surface area contributed by atoms with Gasteiger partial charge in [0.1, 0.15) is 0 Å². The molecule has 0 aromatic rings. The van der Waals surface area contributed by atoms with Gasteiger partial charge in [-0.25, -0.2) is 0 Å². The Balaban J connectivity index is 1.62. The first-order chi connectivity index (χ1) is 9.07. The fourth-order valence-electron chi connectivity index (χ4n) is 5.65. The Morgan fingerprint density at radius 2 is 1.84 bits per heavy atom. The molecule has 3 rings (SSSR count). The minimum atomic E-state index is 0.604. The third kappa shape index (κ3) is 3.01. The van der Waals surface area contributed by atoms with Gasteiger partial charge in [0.15, 0.2) is 0 Å². The Morgan fingerprint density at radius 3 is 2.47 bits per heavy atom. The SMILES string of the molecule is CNCC1CCC(C)(C)CC1CC1CC2CCC1C2. The van der Waals surface area contributed by atoms with Crippen molar-refractivity contribution in [3.63, 3.8) is 0 Å². The molecular weight excluding hydrogens is 230 g/mol. The maximum absolute atomic E-state index is 3.45. The summed E-state index contributed by atoms with van der Waals surface area (Å²) in [6.07, 6.45) is 12.2. The molecule has 5 atom stereocenters. The molecule has 0 saturated heterocycles. The van der Waals surface area contributed by atoms with Gasteiger partial charge in [-0.05, 0) is 93.5 Å². The van der Waals surface area contributed by atoms with Crippen LogP contribution in [-0.4, -0.2) is 13.6 Å². The van der Waals surface area contributed by atoms with Crippen LogP contribution in [0.2, 0.25) is 0 Å². The molecule has 19 heavy (non-hydrogen) atoms. The van der Waals surface area contributed by atoms with Crippen LogP contribution in [0.4, 0.5) is 0 Å². The Hall–Kier alpha value is -0.0400. The second-order valence-electron chi connectivity index (χ2n) is 8.66. The molecule has 0 heterocycles. The van der Waals surface area contributed by atoms with E-state index in [4.69, 9.17) is 0 Å². The first-order valence-corrected chi connectivity index (χ1v) is 8.72. The summed E-state index contributed by atoms with van der Waals surface area (Å²) in [6.45, 7) is 6.24. The first kappa shape index (κ1) is 13.9. The van der Waals surface area contributed by atoms with Crippen molar-refractivity contribution in [1.29, 1.82) is 0 Å². The molecule has 0 aromatic heterocycles. The minimum absolute atomic E-state index is 0.604. The summed E-state index contributed by atoms with van der Waals surface area (Å²) < 4.78 is 0.